The van der Waals surface area contributed by atoms with Gasteiger partial charge in [0.25, 0.3) is 0 Å². The molecule has 0 bridgehead atoms. The third-order valence-corrected chi connectivity index (χ3v) is 6.42. The second-order valence-electron chi connectivity index (χ2n) is 8.46. The number of fused-ring (bicyclic) bond motifs is 1. The van der Waals surface area contributed by atoms with Gasteiger partial charge in [0.2, 0.25) is 11.9 Å². The average molecular weight is 411 g/mol. The molecule has 0 spiro atoms. The molecule has 4 rings (SSSR count). The van der Waals surface area contributed by atoms with E-state index in [2.05, 4.69) is 24.0 Å². The van der Waals surface area contributed by atoms with E-state index < -0.39 is 6.04 Å². The smallest absolute Gasteiger partial charge is 0.328 e. The maximum Gasteiger partial charge on any atom is 0.328 e. The van der Waals surface area contributed by atoms with Crippen molar-refractivity contribution in [1.29, 1.82) is 0 Å². The van der Waals surface area contributed by atoms with Crippen LogP contribution in [0.4, 0.5) is 5.95 Å². The molecule has 2 aromatic rings. The predicted molar refractivity (Wildman–Crippen MR) is 115 cm³/mol. The Morgan fingerprint density at radius 2 is 1.80 bits per heavy atom. The van der Waals surface area contributed by atoms with E-state index in [1.165, 1.54) is 12.7 Å². The molecule has 7 heteroatoms. The number of hydrogen-bond acceptors (Lipinski definition) is 6. The van der Waals surface area contributed by atoms with Gasteiger partial charge in [0, 0.05) is 30.9 Å². The number of esters is 1. The Balaban J connectivity index is 1.44. The molecule has 0 radical (unpaired) electrons. The quantitative estimate of drug-likeness (QED) is 0.724. The number of nitrogens with zero attached hydrogens (tertiary/aromatic N) is 4. The van der Waals surface area contributed by atoms with E-state index in [0.29, 0.717) is 13.0 Å². The van der Waals surface area contributed by atoms with Gasteiger partial charge in [-0.3, -0.25) is 4.79 Å². The molecule has 2 aliphatic heterocycles. The van der Waals surface area contributed by atoms with Gasteiger partial charge < -0.3 is 14.5 Å². The molecule has 0 N–H and O–H groups in total. The summed E-state index contributed by atoms with van der Waals surface area (Å²) in [6.45, 7) is 6.22. The zero-order chi connectivity index (χ0) is 21.3. The van der Waals surface area contributed by atoms with E-state index in [9.17, 15) is 9.59 Å². The molecule has 0 aliphatic carbocycles. The van der Waals surface area contributed by atoms with Crippen LogP contribution in [-0.4, -0.2) is 59.5 Å². The molecule has 1 amide bonds. The van der Waals surface area contributed by atoms with Crippen LogP contribution in [0.2, 0.25) is 0 Å². The lowest BCUT2D eigenvalue weighted by Gasteiger charge is -2.38. The van der Waals surface area contributed by atoms with Gasteiger partial charge in [0.05, 0.1) is 18.3 Å². The Labute approximate surface area is 177 Å². The highest BCUT2D eigenvalue weighted by atomic mass is 16.5. The fourth-order valence-corrected chi connectivity index (χ4v) is 4.66. The maximum absolute atomic E-state index is 13.2. The van der Waals surface area contributed by atoms with Gasteiger partial charge in [-0.1, -0.05) is 11.6 Å². The normalized spacial score (nSPS) is 20.4. The molecule has 2 saturated heterocycles. The van der Waals surface area contributed by atoms with Crippen LogP contribution in [-0.2, 0) is 14.3 Å². The van der Waals surface area contributed by atoms with Crippen molar-refractivity contribution in [3.8, 4) is 0 Å². The number of anilines is 1. The Hall–Kier alpha value is -2.70. The van der Waals surface area contributed by atoms with Gasteiger partial charge in [-0.25, -0.2) is 14.8 Å². The van der Waals surface area contributed by atoms with Gasteiger partial charge in [-0.15, -0.1) is 0 Å². The number of carbonyl (C=O) groups excluding carboxylic acids is 2. The van der Waals surface area contributed by atoms with Crippen molar-refractivity contribution in [2.24, 2.45) is 5.92 Å². The van der Waals surface area contributed by atoms with E-state index in [0.717, 1.165) is 61.3 Å². The average Bonchev–Trinajstić information content (AvgIpc) is 2.78. The van der Waals surface area contributed by atoms with Crippen LogP contribution < -0.4 is 4.90 Å². The van der Waals surface area contributed by atoms with E-state index in [1.54, 1.807) is 4.90 Å². The fourth-order valence-electron chi connectivity index (χ4n) is 4.66. The van der Waals surface area contributed by atoms with Crippen LogP contribution in [0.25, 0.3) is 10.9 Å². The summed E-state index contributed by atoms with van der Waals surface area (Å²) in [7, 11) is 1.39. The summed E-state index contributed by atoms with van der Waals surface area (Å²) in [5.74, 6) is 0.475. The van der Waals surface area contributed by atoms with Gasteiger partial charge in [-0.2, -0.15) is 0 Å². The lowest BCUT2D eigenvalue weighted by Crippen LogP contribution is -2.52. The van der Waals surface area contributed by atoms with Crippen LogP contribution in [0.3, 0.4) is 0 Å². The second-order valence-corrected chi connectivity index (χ2v) is 8.46. The number of aryl methyl sites for hydroxylation is 2. The van der Waals surface area contributed by atoms with Crippen LogP contribution in [0.1, 0.15) is 43.4 Å². The standard InChI is InChI=1S/C23H30N4O3/c1-15-7-8-19-18(14-15)16(2)24-23(25-19)26-12-9-17(10-13-26)21(28)27-11-5-4-6-20(27)22(29)30-3/h7-8,14,17,20H,4-6,9-13H2,1-3H3/t20-/m1/s1. The van der Waals surface area contributed by atoms with Crippen molar-refractivity contribution in [3.63, 3.8) is 0 Å². The number of rotatable bonds is 3. The molecule has 2 aliphatic rings. The Morgan fingerprint density at radius 3 is 2.53 bits per heavy atom. The molecule has 1 atom stereocenters. The molecule has 1 aromatic heterocycles. The van der Waals surface area contributed by atoms with E-state index in [-0.39, 0.29) is 17.8 Å². The number of carbonyl (C=O) groups is 2. The number of amides is 1. The summed E-state index contributed by atoms with van der Waals surface area (Å²) in [6, 6.07) is 5.81. The lowest BCUT2D eigenvalue weighted by atomic mass is 9.92. The van der Waals surface area contributed by atoms with Gasteiger partial charge >= 0.3 is 5.97 Å². The summed E-state index contributed by atoms with van der Waals surface area (Å²) < 4.78 is 4.93. The largest absolute Gasteiger partial charge is 0.467 e. The van der Waals surface area contributed by atoms with Crippen molar-refractivity contribution in [3.05, 3.63) is 29.5 Å². The first-order valence-corrected chi connectivity index (χ1v) is 10.9. The number of hydrogen-bond donors (Lipinski definition) is 0. The molecular weight excluding hydrogens is 380 g/mol. The third kappa shape index (κ3) is 3.98. The van der Waals surface area contributed by atoms with Crippen molar-refractivity contribution in [2.45, 2.75) is 52.0 Å². The van der Waals surface area contributed by atoms with Crippen LogP contribution in [0, 0.1) is 19.8 Å². The van der Waals surface area contributed by atoms with Gasteiger partial charge in [0.1, 0.15) is 6.04 Å². The SMILES string of the molecule is COC(=O)[C@H]1CCCCN1C(=O)C1CCN(c2nc(C)c3cc(C)ccc3n2)CC1. The summed E-state index contributed by atoms with van der Waals surface area (Å²) in [4.78, 5) is 38.7. The molecule has 160 valence electrons. The highest BCUT2D eigenvalue weighted by molar-refractivity contribution is 5.86. The molecule has 7 nitrogen and oxygen atoms in total. The number of aromatic nitrogens is 2. The van der Waals surface area contributed by atoms with Crippen molar-refractivity contribution >= 4 is 28.7 Å². The maximum atomic E-state index is 13.2. The summed E-state index contributed by atoms with van der Waals surface area (Å²) >= 11 is 0. The van der Waals surface area contributed by atoms with Crippen LogP contribution in [0.15, 0.2) is 18.2 Å². The molecular formula is C23H30N4O3. The minimum absolute atomic E-state index is 0.0595. The summed E-state index contributed by atoms with van der Waals surface area (Å²) in [6.07, 6.45) is 4.10. The Kier molecular flexibility index (Phi) is 5.88. The molecule has 2 fully saturated rings. The zero-order valence-electron chi connectivity index (χ0n) is 18.1. The third-order valence-electron chi connectivity index (χ3n) is 6.42. The van der Waals surface area contributed by atoms with Crippen molar-refractivity contribution in [2.75, 3.05) is 31.6 Å². The summed E-state index contributed by atoms with van der Waals surface area (Å²) in [5.41, 5.74) is 3.13. The molecule has 3 heterocycles. The van der Waals surface area contributed by atoms with E-state index >= 15 is 0 Å². The number of piperidine rings is 2. The van der Waals surface area contributed by atoms with Crippen LogP contribution in [0.5, 0.6) is 0 Å². The van der Waals surface area contributed by atoms with E-state index in [1.807, 2.05) is 13.0 Å². The van der Waals surface area contributed by atoms with Crippen molar-refractivity contribution < 1.29 is 14.3 Å². The van der Waals surface area contributed by atoms with E-state index in [4.69, 9.17) is 14.7 Å². The zero-order valence-corrected chi connectivity index (χ0v) is 18.1. The minimum atomic E-state index is -0.427. The molecule has 30 heavy (non-hydrogen) atoms. The van der Waals surface area contributed by atoms with Gasteiger partial charge in [-0.05, 0) is 58.1 Å². The summed E-state index contributed by atoms with van der Waals surface area (Å²) in [5, 5.41) is 1.09. The molecule has 0 saturated carbocycles. The number of benzene rings is 1. The number of ether oxygens (including phenoxy) is 1. The second kappa shape index (κ2) is 8.58. The minimum Gasteiger partial charge on any atom is -0.467 e. The van der Waals surface area contributed by atoms with Gasteiger partial charge in [0.15, 0.2) is 0 Å². The molecule has 1 aromatic carbocycles. The highest BCUT2D eigenvalue weighted by Gasteiger charge is 2.37. The van der Waals surface area contributed by atoms with Crippen LogP contribution >= 0.6 is 0 Å². The monoisotopic (exact) mass is 410 g/mol. The predicted octanol–water partition coefficient (Wildman–Crippen LogP) is 3.02. The lowest BCUT2D eigenvalue weighted by molar-refractivity contribution is -0.156. The molecule has 0 unspecified atom stereocenters. The Morgan fingerprint density at radius 1 is 1.03 bits per heavy atom. The fraction of sp³-hybridized carbons (Fsp3) is 0.565. The van der Waals surface area contributed by atoms with Crippen molar-refractivity contribution in [1.82, 2.24) is 14.9 Å². The Bertz CT molecular complexity index is 953. The number of likely N-dealkylation sites (tertiary alicyclic amines) is 1. The first kappa shape index (κ1) is 20.6. The number of methoxy groups -OCH3 is 1. The first-order chi connectivity index (χ1) is 14.5. The highest BCUT2D eigenvalue weighted by Crippen LogP contribution is 2.28. The topological polar surface area (TPSA) is 75.6 Å². The first-order valence-electron chi connectivity index (χ1n) is 10.9.